The quantitative estimate of drug-likeness (QED) is 0.337. The molecular weight excluding hydrogens is 256 g/mol. The summed E-state index contributed by atoms with van der Waals surface area (Å²) in [6.45, 7) is 4.29. The van der Waals surface area contributed by atoms with Crippen molar-refractivity contribution in [3.63, 3.8) is 0 Å². The fourth-order valence-corrected chi connectivity index (χ4v) is 1.40. The zero-order chi connectivity index (χ0) is 14.8. The molecule has 5 nitrogen and oxygen atoms in total. The Balaban J connectivity index is 3.13. The number of amides is 1. The predicted molar refractivity (Wildman–Crippen MR) is 66.0 cm³/mol. The largest absolute Gasteiger partial charge is 0.409 e. The van der Waals surface area contributed by atoms with Crippen LogP contribution in [0.4, 0.5) is 8.78 Å². The number of rotatable bonds is 3. The summed E-state index contributed by atoms with van der Waals surface area (Å²) in [4.78, 5) is 11.9. The van der Waals surface area contributed by atoms with Gasteiger partial charge in [-0.2, -0.15) is 0 Å². The molecule has 1 aromatic carbocycles. The first kappa shape index (κ1) is 14.9. The van der Waals surface area contributed by atoms with Gasteiger partial charge in [0.05, 0.1) is 5.54 Å². The van der Waals surface area contributed by atoms with Gasteiger partial charge in [-0.1, -0.05) is 11.2 Å². The Hall–Kier alpha value is -2.18. The van der Waals surface area contributed by atoms with Crippen LogP contribution in [0.2, 0.25) is 0 Å². The highest BCUT2D eigenvalue weighted by molar-refractivity contribution is 6.00. The Bertz CT molecular complexity index is 542. The van der Waals surface area contributed by atoms with E-state index in [0.29, 0.717) is 0 Å². The molecule has 1 rings (SSSR count). The first-order valence-corrected chi connectivity index (χ1v) is 5.46. The molecule has 0 radical (unpaired) electrons. The van der Waals surface area contributed by atoms with Gasteiger partial charge in [0.15, 0.2) is 5.84 Å². The lowest BCUT2D eigenvalue weighted by Gasteiger charge is -2.24. The van der Waals surface area contributed by atoms with E-state index < -0.39 is 28.6 Å². The van der Waals surface area contributed by atoms with Gasteiger partial charge in [-0.25, -0.2) is 8.78 Å². The molecule has 1 amide bonds. The fraction of sp³-hybridized carbons (Fsp3) is 0.333. The lowest BCUT2D eigenvalue weighted by molar-refractivity contribution is 0.0922. The molecule has 0 fully saturated rings. The van der Waals surface area contributed by atoms with Crippen molar-refractivity contribution in [3.8, 4) is 0 Å². The lowest BCUT2D eigenvalue weighted by atomic mass is 10.0. The molecule has 0 heterocycles. The molecule has 1 aromatic rings. The maximum absolute atomic E-state index is 13.8. The van der Waals surface area contributed by atoms with E-state index >= 15 is 0 Å². The first-order chi connectivity index (χ1) is 8.70. The number of benzene rings is 1. The van der Waals surface area contributed by atoms with E-state index in [-0.39, 0.29) is 11.4 Å². The number of nitrogens with two attached hydrogens (primary N) is 1. The number of nitrogens with zero attached hydrogens (tertiary/aromatic N) is 1. The normalized spacial score (nSPS) is 12.4. The average molecular weight is 271 g/mol. The molecule has 0 saturated carbocycles. The Labute approximate surface area is 109 Å². The first-order valence-electron chi connectivity index (χ1n) is 5.46. The van der Waals surface area contributed by atoms with Crippen LogP contribution in [-0.4, -0.2) is 22.5 Å². The van der Waals surface area contributed by atoms with Gasteiger partial charge < -0.3 is 16.3 Å². The summed E-state index contributed by atoms with van der Waals surface area (Å²) >= 11 is 0. The molecule has 0 atom stereocenters. The van der Waals surface area contributed by atoms with E-state index in [2.05, 4.69) is 10.5 Å². The van der Waals surface area contributed by atoms with Gasteiger partial charge in [-0.05, 0) is 32.4 Å². The number of aryl methyl sites for hydroxylation is 1. The standard InChI is InChI=1S/C12H15F2N3O2/c1-6-4-5-7(13)8(9(6)14)10(18)16-12(2,3)11(15)17-19/h4-5,19H,1-3H3,(H2,15,17)(H,16,18). The number of hydrogen-bond acceptors (Lipinski definition) is 3. The van der Waals surface area contributed by atoms with Gasteiger partial charge in [-0.15, -0.1) is 0 Å². The van der Waals surface area contributed by atoms with Crippen LogP contribution in [0.25, 0.3) is 0 Å². The summed E-state index contributed by atoms with van der Waals surface area (Å²) in [6.07, 6.45) is 0. The molecular formula is C12H15F2N3O2. The number of halogens is 2. The number of oxime groups is 1. The molecule has 104 valence electrons. The summed E-state index contributed by atoms with van der Waals surface area (Å²) < 4.78 is 27.3. The van der Waals surface area contributed by atoms with Crippen LogP contribution in [0.15, 0.2) is 17.3 Å². The molecule has 0 aliphatic rings. The number of amidine groups is 1. The van der Waals surface area contributed by atoms with E-state index in [9.17, 15) is 13.6 Å². The van der Waals surface area contributed by atoms with Gasteiger partial charge in [0, 0.05) is 0 Å². The number of hydrogen-bond donors (Lipinski definition) is 3. The maximum Gasteiger partial charge on any atom is 0.258 e. The fourth-order valence-electron chi connectivity index (χ4n) is 1.40. The van der Waals surface area contributed by atoms with Gasteiger partial charge >= 0.3 is 0 Å². The van der Waals surface area contributed by atoms with Crippen LogP contribution in [0.1, 0.15) is 29.8 Å². The molecule has 7 heteroatoms. The molecule has 4 N–H and O–H groups in total. The highest BCUT2D eigenvalue weighted by atomic mass is 19.1. The SMILES string of the molecule is Cc1ccc(F)c(C(=O)NC(C)(C)/C(N)=N/O)c1F. The maximum atomic E-state index is 13.8. The van der Waals surface area contributed by atoms with E-state index in [0.717, 1.165) is 6.07 Å². The zero-order valence-corrected chi connectivity index (χ0v) is 10.8. The minimum atomic E-state index is -1.24. The van der Waals surface area contributed by atoms with E-state index in [4.69, 9.17) is 10.9 Å². The van der Waals surface area contributed by atoms with Crippen LogP contribution in [0.3, 0.4) is 0 Å². The average Bonchev–Trinajstić information content (AvgIpc) is 2.32. The van der Waals surface area contributed by atoms with Crippen molar-refractivity contribution in [1.82, 2.24) is 5.32 Å². The van der Waals surface area contributed by atoms with E-state index in [1.54, 1.807) is 0 Å². The van der Waals surface area contributed by atoms with Gasteiger partial charge in [-0.3, -0.25) is 4.79 Å². The molecule has 19 heavy (non-hydrogen) atoms. The third-order valence-electron chi connectivity index (χ3n) is 2.69. The second kappa shape index (κ2) is 5.21. The summed E-state index contributed by atoms with van der Waals surface area (Å²) in [5.74, 6) is -3.17. The molecule has 0 aromatic heterocycles. The molecule has 0 unspecified atom stereocenters. The van der Waals surface area contributed by atoms with Crippen molar-refractivity contribution in [2.45, 2.75) is 26.3 Å². The summed E-state index contributed by atoms with van der Waals surface area (Å²) in [7, 11) is 0. The van der Waals surface area contributed by atoms with Crippen LogP contribution in [0.5, 0.6) is 0 Å². The minimum Gasteiger partial charge on any atom is -0.409 e. The van der Waals surface area contributed by atoms with Crippen molar-refractivity contribution in [2.24, 2.45) is 10.9 Å². The third kappa shape index (κ3) is 2.98. The number of carbonyl (C=O) groups is 1. The monoisotopic (exact) mass is 271 g/mol. The Morgan fingerprint density at radius 2 is 2.00 bits per heavy atom. The summed E-state index contributed by atoms with van der Waals surface area (Å²) in [6, 6.07) is 2.24. The Morgan fingerprint density at radius 1 is 1.42 bits per heavy atom. The van der Waals surface area contributed by atoms with Crippen molar-refractivity contribution >= 4 is 11.7 Å². The van der Waals surface area contributed by atoms with Crippen LogP contribution in [-0.2, 0) is 0 Å². The second-order valence-electron chi connectivity index (χ2n) is 4.62. The third-order valence-corrected chi connectivity index (χ3v) is 2.69. The van der Waals surface area contributed by atoms with Crippen LogP contribution >= 0.6 is 0 Å². The van der Waals surface area contributed by atoms with Crippen LogP contribution in [0, 0.1) is 18.6 Å². The number of nitrogens with one attached hydrogen (secondary N) is 1. The van der Waals surface area contributed by atoms with Crippen molar-refractivity contribution < 1.29 is 18.8 Å². The smallest absolute Gasteiger partial charge is 0.258 e. The lowest BCUT2D eigenvalue weighted by Crippen LogP contribution is -2.53. The van der Waals surface area contributed by atoms with E-state index in [1.165, 1.54) is 26.8 Å². The topological polar surface area (TPSA) is 87.7 Å². The second-order valence-corrected chi connectivity index (χ2v) is 4.62. The van der Waals surface area contributed by atoms with Crippen molar-refractivity contribution in [1.29, 1.82) is 0 Å². The molecule has 0 saturated heterocycles. The number of carbonyl (C=O) groups excluding carboxylic acids is 1. The molecule has 0 spiro atoms. The van der Waals surface area contributed by atoms with Crippen LogP contribution < -0.4 is 11.1 Å². The van der Waals surface area contributed by atoms with Gasteiger partial charge in [0.25, 0.3) is 5.91 Å². The highest BCUT2D eigenvalue weighted by Gasteiger charge is 2.29. The summed E-state index contributed by atoms with van der Waals surface area (Å²) in [5, 5.41) is 13.6. The molecule has 0 aliphatic heterocycles. The predicted octanol–water partition coefficient (Wildman–Crippen LogP) is 1.53. The van der Waals surface area contributed by atoms with Gasteiger partial charge in [0.2, 0.25) is 0 Å². The Kier molecular flexibility index (Phi) is 4.08. The van der Waals surface area contributed by atoms with Crippen molar-refractivity contribution in [2.75, 3.05) is 0 Å². The summed E-state index contributed by atoms with van der Waals surface area (Å²) in [5.41, 5.74) is 3.59. The minimum absolute atomic E-state index is 0.146. The molecule has 0 aliphatic carbocycles. The highest BCUT2D eigenvalue weighted by Crippen LogP contribution is 2.17. The van der Waals surface area contributed by atoms with Gasteiger partial charge in [0.1, 0.15) is 17.2 Å². The Morgan fingerprint density at radius 3 is 2.53 bits per heavy atom. The zero-order valence-electron chi connectivity index (χ0n) is 10.8. The molecule has 0 bridgehead atoms. The van der Waals surface area contributed by atoms with E-state index in [1.807, 2.05) is 0 Å². The van der Waals surface area contributed by atoms with Crippen molar-refractivity contribution in [3.05, 3.63) is 34.9 Å².